The maximum absolute atomic E-state index is 13.5. The molecular formula is C107H120F2N28O5. The number of morpholine rings is 1. The van der Waals surface area contributed by atoms with Crippen molar-refractivity contribution in [3.8, 4) is 44.5 Å². The number of alkyl halides is 2. The van der Waals surface area contributed by atoms with Gasteiger partial charge < -0.3 is 60.3 Å². The SMILES string of the molecule is C.C.C.C.O=C(Nc1ccc(N2CCC2)nc1)c1n[nH]c2ccc(-c3cncc(CN4CCC(F)(F)CC4)c3)cc12.O=C(Nc1ccc(N2CCC2)nc1)c1n[nH]c2ccc(-c3cncc(N4CCCC4)c3)cc12.O=C(Nc1ccc(N2CCC2)nc1)c1n[nH]c2ccc(-c3cncc(N4CCCCC4)c3)cc12.O=C(Nc1ccc(N2CCC2)nc1)c1n[nH]c2ccc(-c3cncc(N4CCOCC4)c3)cc12. The van der Waals surface area contributed by atoms with Gasteiger partial charge in [-0.05, 0) is 207 Å². The highest BCUT2D eigenvalue weighted by molar-refractivity contribution is 6.15. The number of carbonyl (C=O) groups excluding carboxylic acids is 4. The number of fused-ring (bicyclic) bond motifs is 4. The number of rotatable bonds is 21. The van der Waals surface area contributed by atoms with Gasteiger partial charge in [-0.2, -0.15) is 20.4 Å². The normalized spacial score (nSPS) is 15.8. The zero-order valence-electron chi connectivity index (χ0n) is 76.2. The molecule has 732 valence electrons. The van der Waals surface area contributed by atoms with Crippen LogP contribution in [0.2, 0.25) is 0 Å². The number of aromatic nitrogens is 16. The topological polar surface area (TPSA) is 369 Å². The van der Waals surface area contributed by atoms with Gasteiger partial charge in [-0.3, -0.25) is 64.4 Å². The number of benzene rings is 4. The molecule has 8 N–H and O–H groups in total. The third-order valence-corrected chi connectivity index (χ3v) is 26.7. The number of ether oxygens (including phenoxy) is 1. The number of nitrogens with zero attached hydrogens (tertiary/aromatic N) is 20. The number of halogens is 2. The number of anilines is 11. The summed E-state index contributed by atoms with van der Waals surface area (Å²) in [6.45, 7) is 17.0. The van der Waals surface area contributed by atoms with Crippen LogP contribution in [0.4, 0.5) is 71.9 Å². The summed E-state index contributed by atoms with van der Waals surface area (Å²) in [5.41, 5.74) is 19.3. The van der Waals surface area contributed by atoms with E-state index in [4.69, 9.17) is 4.74 Å². The summed E-state index contributed by atoms with van der Waals surface area (Å²) >= 11 is 0. The molecule has 0 unspecified atom stereocenters. The number of likely N-dealkylation sites (tertiary alicyclic amines) is 1. The third kappa shape index (κ3) is 22.2. The zero-order chi connectivity index (χ0) is 93.4. The Labute approximate surface area is 823 Å². The van der Waals surface area contributed by atoms with Gasteiger partial charge in [0.05, 0.1) is 118 Å². The van der Waals surface area contributed by atoms with E-state index in [1.165, 1.54) is 57.8 Å². The summed E-state index contributed by atoms with van der Waals surface area (Å²) in [4.78, 5) is 106. The molecule has 0 radical (unpaired) electrons. The van der Waals surface area contributed by atoms with Crippen LogP contribution in [0.1, 0.15) is 148 Å². The molecule has 4 amide bonds. The first-order valence-electron chi connectivity index (χ1n) is 47.4. The van der Waals surface area contributed by atoms with E-state index in [-0.39, 0.29) is 66.2 Å². The minimum absolute atomic E-state index is 0. The Balaban J connectivity index is 0.000000129. The number of hydrogen-bond acceptors (Lipinski definition) is 25. The van der Waals surface area contributed by atoms with Gasteiger partial charge in [0.15, 0.2) is 22.8 Å². The van der Waals surface area contributed by atoms with Gasteiger partial charge in [0, 0.05) is 199 Å². The van der Waals surface area contributed by atoms with Crippen molar-refractivity contribution >= 4 is 130 Å². The van der Waals surface area contributed by atoms with E-state index in [1.54, 1.807) is 37.2 Å². The lowest BCUT2D eigenvalue weighted by Crippen LogP contribution is -2.38. The molecule has 0 aliphatic carbocycles. The first-order valence-corrected chi connectivity index (χ1v) is 47.4. The molecule has 8 fully saturated rings. The maximum atomic E-state index is 13.5. The molecule has 12 aromatic heterocycles. The maximum Gasteiger partial charge on any atom is 0.276 e. The fourth-order valence-corrected chi connectivity index (χ4v) is 18.3. The fraction of sp³-hybridized carbons (Fsp3) is 0.327. The quantitative estimate of drug-likeness (QED) is 0.0331. The molecule has 16 aromatic rings. The molecule has 8 aliphatic rings. The summed E-state index contributed by atoms with van der Waals surface area (Å²) in [6.07, 6.45) is 32.3. The molecular weight excluding hydrogens is 1800 g/mol. The monoisotopic (exact) mass is 1910 g/mol. The van der Waals surface area contributed by atoms with Gasteiger partial charge >= 0.3 is 0 Å². The van der Waals surface area contributed by atoms with Crippen LogP contribution in [0.15, 0.2) is 220 Å². The van der Waals surface area contributed by atoms with Gasteiger partial charge in [0.1, 0.15) is 23.3 Å². The molecule has 0 saturated carbocycles. The first kappa shape index (κ1) is 97.8. The summed E-state index contributed by atoms with van der Waals surface area (Å²) in [5.74, 6) is 0.0497. The lowest BCUT2D eigenvalue weighted by atomic mass is 10.0. The van der Waals surface area contributed by atoms with Crippen LogP contribution in [0.25, 0.3) is 88.1 Å². The number of aromatic amines is 4. The molecule has 24 rings (SSSR count). The Morgan fingerprint density at radius 3 is 0.866 bits per heavy atom. The van der Waals surface area contributed by atoms with E-state index >= 15 is 0 Å². The van der Waals surface area contributed by atoms with Crippen LogP contribution in [-0.2, 0) is 11.3 Å². The van der Waals surface area contributed by atoms with Crippen molar-refractivity contribution in [2.75, 3.05) is 173 Å². The number of carbonyl (C=O) groups is 4. The lowest BCUT2D eigenvalue weighted by molar-refractivity contribution is -0.0566. The Hall–Kier alpha value is -15.8. The number of H-pyrrole nitrogens is 4. The van der Waals surface area contributed by atoms with Crippen molar-refractivity contribution in [2.45, 2.75) is 113 Å². The number of amides is 4. The first-order chi connectivity index (χ1) is 67.7. The zero-order valence-corrected chi connectivity index (χ0v) is 76.2. The van der Waals surface area contributed by atoms with Crippen molar-refractivity contribution in [1.82, 2.24) is 85.6 Å². The number of nitrogens with one attached hydrogen (secondary N) is 8. The van der Waals surface area contributed by atoms with Crippen molar-refractivity contribution < 1.29 is 32.7 Å². The van der Waals surface area contributed by atoms with Gasteiger partial charge in [-0.1, -0.05) is 54.0 Å². The molecule has 20 heterocycles. The highest BCUT2D eigenvalue weighted by Crippen LogP contribution is 2.37. The van der Waals surface area contributed by atoms with Gasteiger partial charge in [0.25, 0.3) is 29.6 Å². The summed E-state index contributed by atoms with van der Waals surface area (Å²) in [6, 6.07) is 47.4. The van der Waals surface area contributed by atoms with Crippen LogP contribution in [-0.4, -0.2) is 233 Å². The highest BCUT2D eigenvalue weighted by Gasteiger charge is 2.35. The van der Waals surface area contributed by atoms with E-state index in [2.05, 4.69) is 154 Å². The van der Waals surface area contributed by atoms with Crippen LogP contribution < -0.4 is 55.6 Å². The second-order valence-corrected chi connectivity index (χ2v) is 36.0. The minimum Gasteiger partial charge on any atom is -0.378 e. The Morgan fingerprint density at radius 1 is 0.296 bits per heavy atom. The molecule has 8 aliphatic heterocycles. The van der Waals surface area contributed by atoms with E-state index in [0.717, 1.165) is 233 Å². The minimum atomic E-state index is -2.56. The molecule has 0 spiro atoms. The Bertz CT molecular complexity index is 6850. The number of pyridine rings is 8. The van der Waals surface area contributed by atoms with Crippen LogP contribution in [0.5, 0.6) is 0 Å². The molecule has 0 bridgehead atoms. The Kier molecular flexibility index (Phi) is 30.4. The average molecular weight is 1920 g/mol. The summed E-state index contributed by atoms with van der Waals surface area (Å²) in [7, 11) is 0. The van der Waals surface area contributed by atoms with Crippen LogP contribution in [0, 0.1) is 0 Å². The van der Waals surface area contributed by atoms with Gasteiger partial charge in [-0.25, -0.2) is 28.7 Å². The predicted molar refractivity (Wildman–Crippen MR) is 560 cm³/mol. The standard InChI is InChI=1S/C27H27F2N7O.C26H27N7O.C25H25N7O2.C25H25N7O.4CH4/c28-27(29)6-10-35(11-7-27)17-18-12-20(15-30-14-18)19-2-4-23-22(13-19)25(34-33-23)26(37)32-21-3-5-24(31-16-21)36-8-1-9-36;34-26(29-20-6-8-24(28-16-20)33-11-4-12-33)25-22-14-18(5-7-23(22)30-31-25)19-13-21(17-27-15-19)32-9-2-1-3-10-32;33-25(28-19-3-5-23(27-15-19)32-6-1-7-32)24-21-13-17(2-4-22(21)29-30-24)18-12-20(16-26-14-18)31-8-10-34-11-9-31;33-25(28-19-5-7-23(27-15-19)32-10-3-11-32)24-21-13-17(4-6-22(21)29-30-24)18-12-20(16-26-14-18)31-8-1-2-9-31;;;;/h2-5,12-16H,1,6-11,17H2,(H,32,37)(H,33,34);5-8,13-17H,1-4,9-12H2,(H,29,34)(H,30,31);2-5,12-16H,1,6-11H2,(H,28,33)(H,29,30);4-7,12-16H,1-3,8-11H2,(H,28,33)(H,29,30);4*1H4. The highest BCUT2D eigenvalue weighted by atomic mass is 19.3. The third-order valence-electron chi connectivity index (χ3n) is 26.7. The molecule has 33 nitrogen and oxygen atoms in total. The van der Waals surface area contributed by atoms with Gasteiger partial charge in [-0.15, -0.1) is 0 Å². The lowest BCUT2D eigenvalue weighted by Gasteiger charge is -2.31. The molecule has 0 atom stereocenters. The van der Waals surface area contributed by atoms with Crippen molar-refractivity contribution in [1.29, 1.82) is 0 Å². The van der Waals surface area contributed by atoms with E-state index in [1.807, 2.05) is 169 Å². The van der Waals surface area contributed by atoms with Crippen molar-refractivity contribution in [3.05, 3.63) is 248 Å². The molecule has 4 aromatic carbocycles. The van der Waals surface area contributed by atoms with E-state index < -0.39 is 5.92 Å². The average Bonchev–Trinajstić information content (AvgIpc) is 1.65. The molecule has 35 heteroatoms. The predicted octanol–water partition coefficient (Wildman–Crippen LogP) is 19.1. The Morgan fingerprint density at radius 2 is 0.577 bits per heavy atom. The molecule has 8 saturated heterocycles. The molecule has 142 heavy (non-hydrogen) atoms. The van der Waals surface area contributed by atoms with Crippen molar-refractivity contribution in [3.63, 3.8) is 0 Å². The van der Waals surface area contributed by atoms with Crippen LogP contribution >= 0.6 is 0 Å². The largest absolute Gasteiger partial charge is 0.378 e. The van der Waals surface area contributed by atoms with Crippen molar-refractivity contribution in [2.24, 2.45) is 0 Å². The number of piperidine rings is 2. The summed E-state index contributed by atoms with van der Waals surface area (Å²) < 4.78 is 32.5. The summed E-state index contributed by atoms with van der Waals surface area (Å²) in [5, 5.41) is 43.6. The fourth-order valence-electron chi connectivity index (χ4n) is 18.3. The van der Waals surface area contributed by atoms with Gasteiger partial charge in [0.2, 0.25) is 0 Å². The number of hydrogen-bond donors (Lipinski definition) is 8. The second kappa shape index (κ2) is 44.1. The van der Waals surface area contributed by atoms with E-state index in [9.17, 15) is 28.0 Å². The smallest absolute Gasteiger partial charge is 0.276 e. The van der Waals surface area contributed by atoms with Crippen LogP contribution in [0.3, 0.4) is 0 Å². The van der Waals surface area contributed by atoms with E-state index in [0.29, 0.717) is 70.5 Å². The second-order valence-electron chi connectivity index (χ2n) is 36.0.